The summed E-state index contributed by atoms with van der Waals surface area (Å²) < 4.78 is 0. The quantitative estimate of drug-likeness (QED) is 0.654. The molecule has 0 aliphatic heterocycles. The van der Waals surface area contributed by atoms with Crippen LogP contribution < -0.4 is 11.1 Å². The van der Waals surface area contributed by atoms with Gasteiger partial charge in [-0.05, 0) is 11.6 Å². The van der Waals surface area contributed by atoms with Gasteiger partial charge in [-0.25, -0.2) is 0 Å². The summed E-state index contributed by atoms with van der Waals surface area (Å²) in [5, 5.41) is 9.96. The normalized spacial score (nSPS) is 10.4. The number of aromatic amines is 1. The van der Waals surface area contributed by atoms with Crippen molar-refractivity contribution < 1.29 is 0 Å². The molecule has 2 aromatic rings. The Morgan fingerprint density at radius 2 is 2.13 bits per heavy atom. The van der Waals surface area contributed by atoms with Crippen molar-refractivity contribution in [2.24, 2.45) is 0 Å². The van der Waals surface area contributed by atoms with Gasteiger partial charge in [-0.2, -0.15) is 5.10 Å². The van der Waals surface area contributed by atoms with Gasteiger partial charge >= 0.3 is 0 Å². The number of hydrogen-bond acceptors (Lipinski definition) is 3. The predicted molar refractivity (Wildman–Crippen MR) is 60.0 cm³/mol. The third kappa shape index (κ3) is 2.57. The maximum atomic E-state index is 5.82. The van der Waals surface area contributed by atoms with Crippen LogP contribution >= 0.6 is 0 Å². The third-order valence-electron chi connectivity index (χ3n) is 2.25. The number of nitrogens with one attached hydrogen (secondary N) is 2. The van der Waals surface area contributed by atoms with Crippen LogP contribution in [0.25, 0.3) is 0 Å². The first-order chi connectivity index (χ1) is 7.36. The zero-order chi connectivity index (χ0) is 10.5. The van der Waals surface area contributed by atoms with E-state index in [0.717, 1.165) is 29.9 Å². The molecule has 0 saturated heterocycles. The number of para-hydroxylation sites is 1. The van der Waals surface area contributed by atoms with Crippen LogP contribution in [-0.2, 0) is 13.1 Å². The number of rotatable bonds is 4. The highest BCUT2D eigenvalue weighted by Gasteiger charge is 1.97. The minimum atomic E-state index is 0.776. The van der Waals surface area contributed by atoms with Crippen molar-refractivity contribution in [2.45, 2.75) is 13.1 Å². The SMILES string of the molecule is Nc1ccccc1CNCc1cn[nH]c1. The second-order valence-corrected chi connectivity index (χ2v) is 3.41. The summed E-state index contributed by atoms with van der Waals surface area (Å²) in [7, 11) is 0. The van der Waals surface area contributed by atoms with Crippen LogP contribution in [0, 0.1) is 0 Å². The van der Waals surface area contributed by atoms with Crippen LogP contribution in [0.1, 0.15) is 11.1 Å². The van der Waals surface area contributed by atoms with Gasteiger partial charge in [-0.3, -0.25) is 5.10 Å². The van der Waals surface area contributed by atoms with Crippen molar-refractivity contribution in [1.82, 2.24) is 15.5 Å². The van der Waals surface area contributed by atoms with Gasteiger partial charge in [0.15, 0.2) is 0 Å². The van der Waals surface area contributed by atoms with Crippen LogP contribution in [0.15, 0.2) is 36.7 Å². The van der Waals surface area contributed by atoms with Gasteiger partial charge in [0.2, 0.25) is 0 Å². The van der Waals surface area contributed by atoms with Gasteiger partial charge in [-0.1, -0.05) is 18.2 Å². The Kier molecular flexibility index (Phi) is 2.99. The molecule has 15 heavy (non-hydrogen) atoms. The standard InChI is InChI=1S/C11H14N4/c12-11-4-2-1-3-10(11)8-13-5-9-6-14-15-7-9/h1-4,6-7,13H,5,8,12H2,(H,14,15). The summed E-state index contributed by atoms with van der Waals surface area (Å²) in [4.78, 5) is 0. The smallest absolute Gasteiger partial charge is 0.0532 e. The Morgan fingerprint density at radius 3 is 2.87 bits per heavy atom. The van der Waals surface area contributed by atoms with Gasteiger partial charge in [0.25, 0.3) is 0 Å². The summed E-state index contributed by atoms with van der Waals surface area (Å²) in [6.45, 7) is 1.57. The first kappa shape index (κ1) is 9.73. The van der Waals surface area contributed by atoms with E-state index < -0.39 is 0 Å². The fourth-order valence-electron chi connectivity index (χ4n) is 1.41. The van der Waals surface area contributed by atoms with Crippen molar-refractivity contribution >= 4 is 5.69 Å². The summed E-state index contributed by atoms with van der Waals surface area (Å²) in [6.07, 6.45) is 3.68. The summed E-state index contributed by atoms with van der Waals surface area (Å²) >= 11 is 0. The molecule has 1 heterocycles. The van der Waals surface area contributed by atoms with E-state index in [4.69, 9.17) is 5.73 Å². The fourth-order valence-corrected chi connectivity index (χ4v) is 1.41. The van der Waals surface area contributed by atoms with Crippen molar-refractivity contribution in [3.05, 3.63) is 47.8 Å². The van der Waals surface area contributed by atoms with E-state index in [9.17, 15) is 0 Å². The molecule has 0 spiro atoms. The van der Waals surface area contributed by atoms with E-state index in [1.807, 2.05) is 30.5 Å². The molecule has 4 heteroatoms. The molecule has 0 aliphatic rings. The molecule has 4 nitrogen and oxygen atoms in total. The molecule has 0 bridgehead atoms. The van der Waals surface area contributed by atoms with Crippen molar-refractivity contribution in [3.63, 3.8) is 0 Å². The topological polar surface area (TPSA) is 66.7 Å². The number of hydrogen-bond donors (Lipinski definition) is 3. The van der Waals surface area contributed by atoms with Gasteiger partial charge in [0.05, 0.1) is 6.20 Å². The highest BCUT2D eigenvalue weighted by molar-refractivity contribution is 5.46. The second kappa shape index (κ2) is 4.61. The molecule has 0 aliphatic carbocycles. The lowest BCUT2D eigenvalue weighted by molar-refractivity contribution is 0.695. The number of anilines is 1. The molecule has 0 radical (unpaired) electrons. The van der Waals surface area contributed by atoms with Crippen molar-refractivity contribution in [2.75, 3.05) is 5.73 Å². The molecule has 0 amide bonds. The van der Waals surface area contributed by atoms with Crippen molar-refractivity contribution in [1.29, 1.82) is 0 Å². The Balaban J connectivity index is 1.86. The predicted octanol–water partition coefficient (Wildman–Crippen LogP) is 1.28. The van der Waals surface area contributed by atoms with E-state index in [1.54, 1.807) is 6.20 Å². The molecule has 0 fully saturated rings. The minimum absolute atomic E-state index is 0.776. The van der Waals surface area contributed by atoms with Crippen LogP contribution in [0.2, 0.25) is 0 Å². The minimum Gasteiger partial charge on any atom is -0.398 e. The molecule has 78 valence electrons. The average molecular weight is 202 g/mol. The Bertz CT molecular complexity index is 408. The summed E-state index contributed by atoms with van der Waals surface area (Å²) in [5.74, 6) is 0. The molecule has 4 N–H and O–H groups in total. The molecule has 1 aromatic heterocycles. The Hall–Kier alpha value is -1.81. The summed E-state index contributed by atoms with van der Waals surface area (Å²) in [6, 6.07) is 7.87. The monoisotopic (exact) mass is 202 g/mol. The molecular weight excluding hydrogens is 188 g/mol. The number of nitrogens with two attached hydrogens (primary N) is 1. The molecule has 2 rings (SSSR count). The number of benzene rings is 1. The van der Waals surface area contributed by atoms with Gasteiger partial charge in [0, 0.05) is 30.5 Å². The highest BCUT2D eigenvalue weighted by atomic mass is 15.1. The first-order valence-corrected chi connectivity index (χ1v) is 4.88. The molecule has 0 atom stereocenters. The van der Waals surface area contributed by atoms with Crippen LogP contribution in [0.5, 0.6) is 0 Å². The summed E-state index contributed by atoms with van der Waals surface area (Å²) in [5.41, 5.74) is 8.92. The van der Waals surface area contributed by atoms with E-state index in [1.165, 1.54) is 0 Å². The fraction of sp³-hybridized carbons (Fsp3) is 0.182. The zero-order valence-electron chi connectivity index (χ0n) is 8.40. The zero-order valence-corrected chi connectivity index (χ0v) is 8.40. The molecular formula is C11H14N4. The van der Waals surface area contributed by atoms with E-state index in [2.05, 4.69) is 15.5 Å². The maximum absolute atomic E-state index is 5.82. The number of H-pyrrole nitrogens is 1. The van der Waals surface area contributed by atoms with Crippen LogP contribution in [0.3, 0.4) is 0 Å². The average Bonchev–Trinajstić information content (AvgIpc) is 2.74. The maximum Gasteiger partial charge on any atom is 0.0532 e. The van der Waals surface area contributed by atoms with Crippen LogP contribution in [-0.4, -0.2) is 10.2 Å². The first-order valence-electron chi connectivity index (χ1n) is 4.88. The third-order valence-corrected chi connectivity index (χ3v) is 2.25. The number of nitrogens with zero attached hydrogens (tertiary/aromatic N) is 1. The van der Waals surface area contributed by atoms with E-state index in [-0.39, 0.29) is 0 Å². The second-order valence-electron chi connectivity index (χ2n) is 3.41. The van der Waals surface area contributed by atoms with E-state index in [0.29, 0.717) is 0 Å². The van der Waals surface area contributed by atoms with Gasteiger partial charge in [-0.15, -0.1) is 0 Å². The molecule has 0 saturated carbocycles. The Labute approximate surface area is 88.5 Å². The Morgan fingerprint density at radius 1 is 1.27 bits per heavy atom. The molecule has 0 unspecified atom stereocenters. The molecule has 1 aromatic carbocycles. The largest absolute Gasteiger partial charge is 0.398 e. The number of aromatic nitrogens is 2. The number of nitrogen functional groups attached to an aromatic ring is 1. The lowest BCUT2D eigenvalue weighted by Crippen LogP contribution is -2.13. The van der Waals surface area contributed by atoms with Crippen LogP contribution in [0.4, 0.5) is 5.69 Å². The lowest BCUT2D eigenvalue weighted by Gasteiger charge is -2.05. The van der Waals surface area contributed by atoms with Crippen molar-refractivity contribution in [3.8, 4) is 0 Å². The lowest BCUT2D eigenvalue weighted by atomic mass is 10.2. The van der Waals surface area contributed by atoms with Gasteiger partial charge < -0.3 is 11.1 Å². The van der Waals surface area contributed by atoms with Gasteiger partial charge in [0.1, 0.15) is 0 Å². The van der Waals surface area contributed by atoms with E-state index >= 15 is 0 Å². The highest BCUT2D eigenvalue weighted by Crippen LogP contribution is 2.09.